The quantitative estimate of drug-likeness (QED) is 0.641. The number of hydrogen-bond acceptors (Lipinski definition) is 4. The zero-order valence-electron chi connectivity index (χ0n) is 17.2. The Hall–Kier alpha value is -2.82. The van der Waals surface area contributed by atoms with Crippen molar-refractivity contribution in [3.05, 3.63) is 64.7 Å². The summed E-state index contributed by atoms with van der Waals surface area (Å²) in [5, 5.41) is 3.40. The van der Waals surface area contributed by atoms with Crippen molar-refractivity contribution in [3.8, 4) is 0 Å². The van der Waals surface area contributed by atoms with E-state index in [1.165, 1.54) is 7.11 Å². The summed E-state index contributed by atoms with van der Waals surface area (Å²) in [4.78, 5) is 26.3. The van der Waals surface area contributed by atoms with Crippen LogP contribution in [0.2, 0.25) is 0 Å². The molecule has 2 aromatic carbocycles. The molecule has 2 aromatic rings. The highest BCUT2D eigenvalue weighted by Crippen LogP contribution is 2.20. The minimum absolute atomic E-state index is 0.0779. The molecular formula is C23H30N2O3. The van der Waals surface area contributed by atoms with Gasteiger partial charge in [0.25, 0.3) is 5.91 Å². The summed E-state index contributed by atoms with van der Waals surface area (Å²) in [7, 11) is 1.37. The Labute approximate surface area is 167 Å². The Balaban J connectivity index is 2.10. The number of hydrogen-bond donors (Lipinski definition) is 1. The first-order chi connectivity index (χ1) is 13.5. The Morgan fingerprint density at radius 3 is 2.14 bits per heavy atom. The Bertz CT molecular complexity index is 794. The zero-order chi connectivity index (χ0) is 20.5. The van der Waals surface area contributed by atoms with Crippen LogP contribution >= 0.6 is 0 Å². The lowest BCUT2D eigenvalue weighted by Crippen LogP contribution is -2.32. The van der Waals surface area contributed by atoms with Gasteiger partial charge in [-0.25, -0.2) is 4.79 Å². The molecule has 150 valence electrons. The summed E-state index contributed by atoms with van der Waals surface area (Å²) in [6.45, 7) is 8.35. The van der Waals surface area contributed by atoms with E-state index in [1.54, 1.807) is 12.1 Å². The number of benzene rings is 2. The van der Waals surface area contributed by atoms with Crippen molar-refractivity contribution < 1.29 is 14.3 Å². The number of carbonyl (C=O) groups is 2. The van der Waals surface area contributed by atoms with Gasteiger partial charge in [-0.1, -0.05) is 32.0 Å². The molecule has 0 bridgehead atoms. The maximum absolute atomic E-state index is 12.8. The van der Waals surface area contributed by atoms with Crippen molar-refractivity contribution in [2.45, 2.75) is 40.2 Å². The first-order valence-electron chi connectivity index (χ1n) is 9.81. The molecule has 0 saturated carbocycles. The number of anilines is 1. The van der Waals surface area contributed by atoms with E-state index in [1.807, 2.05) is 42.2 Å². The maximum atomic E-state index is 12.8. The minimum atomic E-state index is -0.342. The number of rotatable bonds is 9. The van der Waals surface area contributed by atoms with Crippen LogP contribution in [0.5, 0.6) is 0 Å². The van der Waals surface area contributed by atoms with Crippen molar-refractivity contribution in [3.63, 3.8) is 0 Å². The third-order valence-electron chi connectivity index (χ3n) is 4.62. The SMILES string of the molecule is CCCN(CCC)C(=O)c1ccc(C)c(NCc2ccc(C(=O)OC)cc2)c1. The number of nitrogens with zero attached hydrogens (tertiary/aromatic N) is 1. The van der Waals surface area contributed by atoms with E-state index in [2.05, 4.69) is 19.2 Å². The average molecular weight is 383 g/mol. The molecule has 5 heteroatoms. The maximum Gasteiger partial charge on any atom is 0.337 e. The second-order valence-corrected chi connectivity index (χ2v) is 6.86. The molecular weight excluding hydrogens is 352 g/mol. The number of ether oxygens (including phenoxy) is 1. The van der Waals surface area contributed by atoms with E-state index in [9.17, 15) is 9.59 Å². The van der Waals surface area contributed by atoms with Crippen LogP contribution in [0.15, 0.2) is 42.5 Å². The summed E-state index contributed by atoms with van der Waals surface area (Å²) < 4.78 is 4.72. The van der Waals surface area contributed by atoms with Crippen molar-refractivity contribution in [1.82, 2.24) is 4.90 Å². The van der Waals surface area contributed by atoms with Crippen LogP contribution in [0.25, 0.3) is 0 Å². The van der Waals surface area contributed by atoms with E-state index in [0.29, 0.717) is 17.7 Å². The van der Waals surface area contributed by atoms with Gasteiger partial charge in [-0.2, -0.15) is 0 Å². The molecule has 0 aliphatic heterocycles. The fourth-order valence-corrected chi connectivity index (χ4v) is 3.06. The van der Waals surface area contributed by atoms with Crippen LogP contribution in [0.3, 0.4) is 0 Å². The van der Waals surface area contributed by atoms with Gasteiger partial charge in [0.1, 0.15) is 0 Å². The van der Waals surface area contributed by atoms with Gasteiger partial charge in [0.2, 0.25) is 0 Å². The molecule has 0 aliphatic rings. The fraction of sp³-hybridized carbons (Fsp3) is 0.391. The van der Waals surface area contributed by atoms with Crippen LogP contribution in [-0.4, -0.2) is 37.0 Å². The lowest BCUT2D eigenvalue weighted by molar-refractivity contribution is 0.0600. The molecule has 0 aromatic heterocycles. The molecule has 0 spiro atoms. The molecule has 0 saturated heterocycles. The summed E-state index contributed by atoms with van der Waals surface area (Å²) in [5.74, 6) is -0.264. The van der Waals surface area contributed by atoms with Crippen LogP contribution in [0, 0.1) is 6.92 Å². The molecule has 0 fully saturated rings. The predicted octanol–water partition coefficient (Wildman–Crippen LogP) is 4.66. The molecule has 2 rings (SSSR count). The molecule has 5 nitrogen and oxygen atoms in total. The van der Waals surface area contributed by atoms with Crippen LogP contribution in [-0.2, 0) is 11.3 Å². The van der Waals surface area contributed by atoms with E-state index in [0.717, 1.165) is 42.7 Å². The van der Waals surface area contributed by atoms with E-state index in [-0.39, 0.29) is 11.9 Å². The Morgan fingerprint density at radius 1 is 0.964 bits per heavy atom. The van der Waals surface area contributed by atoms with Crippen LogP contribution in [0.1, 0.15) is 58.5 Å². The Morgan fingerprint density at radius 2 is 1.57 bits per heavy atom. The van der Waals surface area contributed by atoms with Crippen molar-refractivity contribution in [1.29, 1.82) is 0 Å². The number of methoxy groups -OCH3 is 1. The first-order valence-corrected chi connectivity index (χ1v) is 9.81. The van der Waals surface area contributed by atoms with Crippen molar-refractivity contribution in [2.24, 2.45) is 0 Å². The normalized spacial score (nSPS) is 10.4. The van der Waals surface area contributed by atoms with Gasteiger partial charge < -0.3 is 15.0 Å². The summed E-state index contributed by atoms with van der Waals surface area (Å²) >= 11 is 0. The summed E-state index contributed by atoms with van der Waals surface area (Å²) in [6.07, 6.45) is 1.90. The van der Waals surface area contributed by atoms with Crippen LogP contribution in [0.4, 0.5) is 5.69 Å². The molecule has 0 heterocycles. The topological polar surface area (TPSA) is 58.6 Å². The van der Waals surface area contributed by atoms with Gasteiger partial charge in [0, 0.05) is 30.9 Å². The lowest BCUT2D eigenvalue weighted by atomic mass is 10.1. The number of nitrogens with one attached hydrogen (secondary N) is 1. The lowest BCUT2D eigenvalue weighted by Gasteiger charge is -2.22. The van der Waals surface area contributed by atoms with Crippen LogP contribution < -0.4 is 5.32 Å². The molecule has 28 heavy (non-hydrogen) atoms. The van der Waals surface area contributed by atoms with Gasteiger partial charge in [-0.05, 0) is 55.2 Å². The first kappa shape index (κ1) is 21.5. The smallest absolute Gasteiger partial charge is 0.337 e. The molecule has 0 atom stereocenters. The molecule has 1 N–H and O–H groups in total. The molecule has 1 amide bonds. The largest absolute Gasteiger partial charge is 0.465 e. The number of esters is 1. The standard InChI is InChI=1S/C23H30N2O3/c1-5-13-25(14-6-2)22(26)20-10-7-17(3)21(15-20)24-16-18-8-11-19(12-9-18)23(27)28-4/h7-12,15,24H,5-6,13-14,16H2,1-4H3. The number of aryl methyl sites for hydroxylation is 1. The Kier molecular flexibility index (Phi) is 8.05. The number of amides is 1. The van der Waals surface area contributed by atoms with Gasteiger partial charge in [0.05, 0.1) is 12.7 Å². The average Bonchev–Trinajstić information content (AvgIpc) is 2.72. The summed E-state index contributed by atoms with van der Waals surface area (Å²) in [5.41, 5.74) is 4.30. The highest BCUT2D eigenvalue weighted by Gasteiger charge is 2.15. The summed E-state index contributed by atoms with van der Waals surface area (Å²) in [6, 6.07) is 13.1. The monoisotopic (exact) mass is 382 g/mol. The zero-order valence-corrected chi connectivity index (χ0v) is 17.2. The van der Waals surface area contributed by atoms with Crippen molar-refractivity contribution in [2.75, 3.05) is 25.5 Å². The predicted molar refractivity (Wildman–Crippen MR) is 113 cm³/mol. The third kappa shape index (κ3) is 5.59. The molecule has 0 radical (unpaired) electrons. The van der Waals surface area contributed by atoms with Crippen molar-refractivity contribution >= 4 is 17.6 Å². The van der Waals surface area contributed by atoms with Gasteiger partial charge in [-0.3, -0.25) is 4.79 Å². The highest BCUT2D eigenvalue weighted by atomic mass is 16.5. The minimum Gasteiger partial charge on any atom is -0.465 e. The second kappa shape index (κ2) is 10.5. The van der Waals surface area contributed by atoms with E-state index < -0.39 is 0 Å². The fourth-order valence-electron chi connectivity index (χ4n) is 3.06. The third-order valence-corrected chi connectivity index (χ3v) is 4.62. The van der Waals surface area contributed by atoms with E-state index >= 15 is 0 Å². The highest BCUT2D eigenvalue weighted by molar-refractivity contribution is 5.95. The number of carbonyl (C=O) groups excluding carboxylic acids is 2. The van der Waals surface area contributed by atoms with Gasteiger partial charge >= 0.3 is 5.97 Å². The van der Waals surface area contributed by atoms with Gasteiger partial charge in [-0.15, -0.1) is 0 Å². The molecule has 0 unspecified atom stereocenters. The second-order valence-electron chi connectivity index (χ2n) is 6.86. The van der Waals surface area contributed by atoms with E-state index in [4.69, 9.17) is 4.74 Å². The molecule has 0 aliphatic carbocycles. The van der Waals surface area contributed by atoms with Gasteiger partial charge in [0.15, 0.2) is 0 Å².